The lowest BCUT2D eigenvalue weighted by Gasteiger charge is -2.35. The van der Waals surface area contributed by atoms with E-state index < -0.39 is 11.5 Å². The number of halogens is 2. The van der Waals surface area contributed by atoms with Crippen molar-refractivity contribution >= 4 is 39.4 Å². The lowest BCUT2D eigenvalue weighted by Crippen LogP contribution is -2.46. The van der Waals surface area contributed by atoms with Crippen LogP contribution in [0.3, 0.4) is 0 Å². The van der Waals surface area contributed by atoms with E-state index in [0.717, 1.165) is 0 Å². The number of hydrogen-bond donors (Lipinski definition) is 1. The van der Waals surface area contributed by atoms with Gasteiger partial charge in [0.1, 0.15) is 5.15 Å². The van der Waals surface area contributed by atoms with E-state index >= 15 is 0 Å². The second kappa shape index (κ2) is 6.54. The van der Waals surface area contributed by atoms with Crippen molar-refractivity contribution in [3.8, 4) is 0 Å². The maximum Gasteiger partial charge on any atom is 0.305 e. The Balaban J connectivity index is 3.10. The summed E-state index contributed by atoms with van der Waals surface area (Å²) in [6.45, 7) is 5.63. The molecule has 0 atom stereocenters. The molecular formula is C13H16BrClN2O3. The number of carboxylic acid groups (broad SMARTS) is 1. The summed E-state index contributed by atoms with van der Waals surface area (Å²) in [4.78, 5) is 28.7. The molecule has 0 aliphatic heterocycles. The number of rotatable bonds is 4. The summed E-state index contributed by atoms with van der Waals surface area (Å²) in [6, 6.07) is 1.58. The molecule has 1 rings (SSSR count). The van der Waals surface area contributed by atoms with Gasteiger partial charge in [-0.15, -0.1) is 0 Å². The second-order valence-corrected chi connectivity index (χ2v) is 6.54. The molecule has 110 valence electrons. The molecule has 1 aromatic heterocycles. The number of hydrogen-bond acceptors (Lipinski definition) is 3. The third kappa shape index (κ3) is 4.45. The van der Waals surface area contributed by atoms with Crippen molar-refractivity contribution in [2.75, 3.05) is 6.54 Å². The second-order valence-electron chi connectivity index (χ2n) is 5.26. The van der Waals surface area contributed by atoms with Gasteiger partial charge in [0.2, 0.25) is 0 Å². The number of carbonyl (C=O) groups is 2. The molecular weight excluding hydrogens is 348 g/mol. The highest BCUT2D eigenvalue weighted by atomic mass is 79.9. The fourth-order valence-corrected chi connectivity index (χ4v) is 2.18. The first-order chi connectivity index (χ1) is 9.12. The van der Waals surface area contributed by atoms with Crippen LogP contribution >= 0.6 is 27.5 Å². The summed E-state index contributed by atoms with van der Waals surface area (Å²) in [7, 11) is 0. The third-order valence-electron chi connectivity index (χ3n) is 2.64. The van der Waals surface area contributed by atoms with Crippen LogP contribution in [0.25, 0.3) is 0 Å². The molecule has 0 radical (unpaired) electrons. The van der Waals surface area contributed by atoms with Crippen LogP contribution in [0.1, 0.15) is 37.6 Å². The van der Waals surface area contributed by atoms with E-state index in [1.165, 1.54) is 11.1 Å². The van der Waals surface area contributed by atoms with Crippen LogP contribution < -0.4 is 0 Å². The van der Waals surface area contributed by atoms with Crippen LogP contribution in [0.2, 0.25) is 5.15 Å². The van der Waals surface area contributed by atoms with Gasteiger partial charge in [-0.3, -0.25) is 9.59 Å². The molecule has 0 aliphatic carbocycles. The van der Waals surface area contributed by atoms with Gasteiger partial charge in [0.05, 0.1) is 12.0 Å². The maximum atomic E-state index is 12.6. The zero-order valence-electron chi connectivity index (χ0n) is 11.5. The SMILES string of the molecule is CC(C)(C)N(CCC(=O)O)C(=O)c1cc(Br)cnc1Cl. The fourth-order valence-electron chi connectivity index (χ4n) is 1.67. The molecule has 0 fully saturated rings. The molecule has 7 heteroatoms. The van der Waals surface area contributed by atoms with E-state index in [4.69, 9.17) is 16.7 Å². The van der Waals surface area contributed by atoms with E-state index in [1.54, 1.807) is 6.07 Å². The van der Waals surface area contributed by atoms with Crippen LogP contribution in [-0.2, 0) is 4.79 Å². The molecule has 0 saturated heterocycles. The number of amides is 1. The van der Waals surface area contributed by atoms with Crippen LogP contribution in [0.5, 0.6) is 0 Å². The largest absolute Gasteiger partial charge is 0.481 e. The monoisotopic (exact) mass is 362 g/mol. The molecule has 1 N–H and O–H groups in total. The molecule has 0 bridgehead atoms. The molecule has 0 aliphatic rings. The number of nitrogens with zero attached hydrogens (tertiary/aromatic N) is 2. The quantitative estimate of drug-likeness (QED) is 0.834. The minimum atomic E-state index is -0.953. The van der Waals surface area contributed by atoms with Crippen molar-refractivity contribution in [1.29, 1.82) is 0 Å². The number of carboxylic acids is 1. The van der Waals surface area contributed by atoms with Crippen LogP contribution in [0, 0.1) is 0 Å². The van der Waals surface area contributed by atoms with Crippen molar-refractivity contribution in [2.45, 2.75) is 32.7 Å². The molecule has 0 aromatic carbocycles. The third-order valence-corrected chi connectivity index (χ3v) is 3.38. The number of aromatic nitrogens is 1. The first kappa shape index (κ1) is 16.9. The number of pyridine rings is 1. The van der Waals surface area contributed by atoms with Crippen molar-refractivity contribution in [2.24, 2.45) is 0 Å². The number of carbonyl (C=O) groups excluding carboxylic acids is 1. The summed E-state index contributed by atoms with van der Waals surface area (Å²) >= 11 is 9.19. The van der Waals surface area contributed by atoms with Gasteiger partial charge in [0.15, 0.2) is 0 Å². The van der Waals surface area contributed by atoms with Crippen molar-refractivity contribution in [3.05, 3.63) is 27.5 Å². The van der Waals surface area contributed by atoms with E-state index in [0.29, 0.717) is 4.47 Å². The van der Waals surface area contributed by atoms with Gasteiger partial charge in [-0.05, 0) is 42.8 Å². The molecule has 0 spiro atoms. The van der Waals surface area contributed by atoms with Gasteiger partial charge in [0, 0.05) is 22.8 Å². The summed E-state index contributed by atoms with van der Waals surface area (Å²) in [5.41, 5.74) is -0.264. The van der Waals surface area contributed by atoms with Crippen molar-refractivity contribution in [3.63, 3.8) is 0 Å². The van der Waals surface area contributed by atoms with Gasteiger partial charge in [0.25, 0.3) is 5.91 Å². The Bertz CT molecular complexity index is 529. The highest BCUT2D eigenvalue weighted by molar-refractivity contribution is 9.10. The fraction of sp³-hybridized carbons (Fsp3) is 0.462. The van der Waals surface area contributed by atoms with Crippen LogP contribution in [0.4, 0.5) is 0 Å². The minimum absolute atomic E-state index is 0.0998. The topological polar surface area (TPSA) is 70.5 Å². The molecule has 5 nitrogen and oxygen atoms in total. The number of aliphatic carboxylic acids is 1. The Hall–Kier alpha value is -1.14. The van der Waals surface area contributed by atoms with E-state index in [2.05, 4.69) is 20.9 Å². The highest BCUT2D eigenvalue weighted by Crippen LogP contribution is 2.23. The molecule has 1 amide bonds. The van der Waals surface area contributed by atoms with Crippen molar-refractivity contribution < 1.29 is 14.7 Å². The van der Waals surface area contributed by atoms with Crippen LogP contribution in [-0.4, -0.2) is 39.0 Å². The average molecular weight is 364 g/mol. The molecule has 20 heavy (non-hydrogen) atoms. The predicted molar refractivity (Wildman–Crippen MR) is 80.0 cm³/mol. The Labute approximate surface area is 131 Å². The first-order valence-corrected chi connectivity index (χ1v) is 7.15. The van der Waals surface area contributed by atoms with E-state index in [1.807, 2.05) is 20.8 Å². The van der Waals surface area contributed by atoms with Gasteiger partial charge in [-0.2, -0.15) is 0 Å². The average Bonchev–Trinajstić information content (AvgIpc) is 2.30. The van der Waals surface area contributed by atoms with Crippen LogP contribution in [0.15, 0.2) is 16.7 Å². The summed E-state index contributed by atoms with van der Waals surface area (Å²) < 4.78 is 0.636. The van der Waals surface area contributed by atoms with Crippen molar-refractivity contribution in [1.82, 2.24) is 9.88 Å². The molecule has 1 aromatic rings. The summed E-state index contributed by atoms with van der Waals surface area (Å²) in [5, 5.41) is 8.90. The van der Waals surface area contributed by atoms with E-state index in [9.17, 15) is 9.59 Å². The standard InChI is InChI=1S/C13H16BrClN2O3/c1-13(2,3)17(5-4-10(18)19)12(20)9-6-8(14)7-16-11(9)15/h6-7H,4-5H2,1-3H3,(H,18,19). The molecule has 1 heterocycles. The van der Waals surface area contributed by atoms with Gasteiger partial charge in [-0.25, -0.2) is 4.98 Å². The lowest BCUT2D eigenvalue weighted by atomic mass is 10.0. The van der Waals surface area contributed by atoms with E-state index in [-0.39, 0.29) is 29.6 Å². The smallest absolute Gasteiger partial charge is 0.305 e. The Kier molecular flexibility index (Phi) is 5.53. The highest BCUT2D eigenvalue weighted by Gasteiger charge is 2.29. The Morgan fingerprint density at radius 1 is 1.45 bits per heavy atom. The normalized spacial score (nSPS) is 11.2. The Morgan fingerprint density at radius 3 is 2.55 bits per heavy atom. The van der Waals surface area contributed by atoms with Gasteiger partial charge < -0.3 is 10.0 Å². The molecule has 0 saturated carbocycles. The Morgan fingerprint density at radius 2 is 2.05 bits per heavy atom. The zero-order chi connectivity index (χ0) is 15.5. The van der Waals surface area contributed by atoms with Gasteiger partial charge >= 0.3 is 5.97 Å². The minimum Gasteiger partial charge on any atom is -0.481 e. The molecule has 0 unspecified atom stereocenters. The lowest BCUT2D eigenvalue weighted by molar-refractivity contribution is -0.137. The summed E-state index contributed by atoms with van der Waals surface area (Å²) in [6.07, 6.45) is 1.37. The summed E-state index contributed by atoms with van der Waals surface area (Å²) in [5.74, 6) is -1.29. The zero-order valence-corrected chi connectivity index (χ0v) is 13.8. The van der Waals surface area contributed by atoms with Gasteiger partial charge in [-0.1, -0.05) is 11.6 Å². The first-order valence-electron chi connectivity index (χ1n) is 5.97. The predicted octanol–water partition coefficient (Wildman–Crippen LogP) is 3.21. The maximum absolute atomic E-state index is 12.6.